The van der Waals surface area contributed by atoms with E-state index in [-0.39, 0.29) is 5.02 Å². The second kappa shape index (κ2) is 3.54. The van der Waals surface area contributed by atoms with E-state index in [1.165, 1.54) is 12.1 Å². The molecule has 4 heteroatoms. The van der Waals surface area contributed by atoms with Crippen LogP contribution in [0.15, 0.2) is 12.1 Å². The van der Waals surface area contributed by atoms with Crippen molar-refractivity contribution in [3.8, 4) is 0 Å². The molecule has 0 aliphatic heterocycles. The molecule has 0 atom stereocenters. The molecular formula is C8H7ClFNO. The van der Waals surface area contributed by atoms with Gasteiger partial charge < -0.3 is 5.32 Å². The van der Waals surface area contributed by atoms with E-state index in [0.717, 1.165) is 0 Å². The zero-order chi connectivity index (χ0) is 9.14. The molecule has 0 heterocycles. The van der Waals surface area contributed by atoms with Crippen molar-refractivity contribution in [3.63, 3.8) is 0 Å². The number of carbonyl (C=O) groups is 1. The maximum absolute atomic E-state index is 12.8. The zero-order valence-electron chi connectivity index (χ0n) is 6.40. The minimum Gasteiger partial charge on any atom is -0.328 e. The number of aryl methyl sites for hydroxylation is 1. The summed E-state index contributed by atoms with van der Waals surface area (Å²) in [7, 11) is 0. The van der Waals surface area contributed by atoms with Crippen LogP contribution < -0.4 is 5.32 Å². The standard InChI is InChI=1S/C8H7ClFNO/c1-5-2-7(10)6(9)3-8(5)11-4-12/h2-4H,1H3,(H,11,12). The first-order valence-corrected chi connectivity index (χ1v) is 3.69. The third-order valence-electron chi connectivity index (χ3n) is 1.48. The van der Waals surface area contributed by atoms with Gasteiger partial charge in [-0.25, -0.2) is 4.39 Å². The monoisotopic (exact) mass is 187 g/mol. The summed E-state index contributed by atoms with van der Waals surface area (Å²) in [6, 6.07) is 2.65. The molecule has 0 radical (unpaired) electrons. The van der Waals surface area contributed by atoms with Crippen molar-refractivity contribution in [3.05, 3.63) is 28.5 Å². The van der Waals surface area contributed by atoms with Crippen molar-refractivity contribution >= 4 is 23.7 Å². The average molecular weight is 188 g/mol. The van der Waals surface area contributed by atoms with Crippen LogP contribution in [0.4, 0.5) is 10.1 Å². The summed E-state index contributed by atoms with van der Waals surface area (Å²) >= 11 is 5.49. The van der Waals surface area contributed by atoms with Crippen molar-refractivity contribution in [2.24, 2.45) is 0 Å². The molecular weight excluding hydrogens is 181 g/mol. The predicted octanol–water partition coefficient (Wildman–Crippen LogP) is 2.36. The van der Waals surface area contributed by atoms with Crippen LogP contribution in [-0.2, 0) is 4.79 Å². The zero-order valence-corrected chi connectivity index (χ0v) is 7.15. The van der Waals surface area contributed by atoms with Crippen molar-refractivity contribution < 1.29 is 9.18 Å². The maximum Gasteiger partial charge on any atom is 0.211 e. The van der Waals surface area contributed by atoms with Crippen molar-refractivity contribution in [1.82, 2.24) is 0 Å². The minimum absolute atomic E-state index is 0.00458. The molecule has 0 bridgehead atoms. The van der Waals surface area contributed by atoms with Crippen LogP contribution in [-0.4, -0.2) is 6.41 Å². The highest BCUT2D eigenvalue weighted by atomic mass is 35.5. The Balaban J connectivity index is 3.13. The Bertz CT molecular complexity index is 314. The van der Waals surface area contributed by atoms with Gasteiger partial charge in [0.15, 0.2) is 0 Å². The Morgan fingerprint density at radius 2 is 2.25 bits per heavy atom. The summed E-state index contributed by atoms with van der Waals surface area (Å²) in [5, 5.41) is 2.42. The van der Waals surface area contributed by atoms with E-state index in [1.807, 2.05) is 0 Å². The molecule has 0 saturated carbocycles. The van der Waals surface area contributed by atoms with Gasteiger partial charge in [0.2, 0.25) is 6.41 Å². The fraction of sp³-hybridized carbons (Fsp3) is 0.125. The van der Waals surface area contributed by atoms with E-state index in [9.17, 15) is 9.18 Å². The van der Waals surface area contributed by atoms with E-state index in [1.54, 1.807) is 6.92 Å². The van der Waals surface area contributed by atoms with E-state index >= 15 is 0 Å². The Morgan fingerprint density at radius 1 is 1.58 bits per heavy atom. The van der Waals surface area contributed by atoms with Crippen molar-refractivity contribution in [2.45, 2.75) is 6.92 Å². The van der Waals surface area contributed by atoms with Gasteiger partial charge in [-0.05, 0) is 24.6 Å². The molecule has 0 saturated heterocycles. The molecule has 64 valence electrons. The predicted molar refractivity (Wildman–Crippen MR) is 45.8 cm³/mol. The first-order chi connectivity index (χ1) is 5.65. The highest BCUT2D eigenvalue weighted by Gasteiger charge is 2.03. The van der Waals surface area contributed by atoms with Gasteiger partial charge in [-0.1, -0.05) is 11.6 Å². The molecule has 1 aromatic carbocycles. The largest absolute Gasteiger partial charge is 0.328 e. The lowest BCUT2D eigenvalue weighted by Gasteiger charge is -2.04. The fourth-order valence-corrected chi connectivity index (χ4v) is 1.03. The van der Waals surface area contributed by atoms with Crippen LogP contribution in [0.1, 0.15) is 5.56 Å². The van der Waals surface area contributed by atoms with Crippen molar-refractivity contribution in [1.29, 1.82) is 0 Å². The lowest BCUT2D eigenvalue weighted by molar-refractivity contribution is -0.105. The highest BCUT2D eigenvalue weighted by Crippen LogP contribution is 2.22. The molecule has 0 spiro atoms. The second-order valence-electron chi connectivity index (χ2n) is 2.34. The van der Waals surface area contributed by atoms with Gasteiger partial charge in [0.25, 0.3) is 0 Å². The number of benzene rings is 1. The summed E-state index contributed by atoms with van der Waals surface area (Å²) in [5.41, 5.74) is 1.17. The topological polar surface area (TPSA) is 29.1 Å². The second-order valence-corrected chi connectivity index (χ2v) is 2.75. The summed E-state index contributed by atoms with van der Waals surface area (Å²) in [4.78, 5) is 10.1. The Labute approximate surface area is 74.3 Å². The van der Waals surface area contributed by atoms with Gasteiger partial charge in [-0.15, -0.1) is 0 Å². The van der Waals surface area contributed by atoms with Gasteiger partial charge >= 0.3 is 0 Å². The maximum atomic E-state index is 12.8. The van der Waals surface area contributed by atoms with E-state index in [4.69, 9.17) is 11.6 Å². The van der Waals surface area contributed by atoms with Crippen LogP contribution in [0, 0.1) is 12.7 Å². The molecule has 0 aromatic heterocycles. The Kier molecular flexibility index (Phi) is 2.65. The molecule has 1 aromatic rings. The van der Waals surface area contributed by atoms with Gasteiger partial charge in [-0.2, -0.15) is 0 Å². The van der Waals surface area contributed by atoms with Crippen LogP contribution in [0.25, 0.3) is 0 Å². The summed E-state index contributed by atoms with van der Waals surface area (Å²) in [6.07, 6.45) is 0.524. The quantitative estimate of drug-likeness (QED) is 0.708. The number of carbonyl (C=O) groups excluding carboxylic acids is 1. The van der Waals surface area contributed by atoms with Crippen molar-refractivity contribution in [2.75, 3.05) is 5.32 Å². The van der Waals surface area contributed by atoms with E-state index in [2.05, 4.69) is 5.32 Å². The summed E-state index contributed by atoms with van der Waals surface area (Å²) in [5.74, 6) is -0.481. The first kappa shape index (κ1) is 9.00. The molecule has 12 heavy (non-hydrogen) atoms. The highest BCUT2D eigenvalue weighted by molar-refractivity contribution is 6.31. The molecule has 0 unspecified atom stereocenters. The minimum atomic E-state index is -0.481. The lowest BCUT2D eigenvalue weighted by Crippen LogP contribution is -1.97. The van der Waals surface area contributed by atoms with Crippen LogP contribution in [0.2, 0.25) is 5.02 Å². The number of hydrogen-bond donors (Lipinski definition) is 1. The van der Waals surface area contributed by atoms with Crippen LogP contribution in [0.3, 0.4) is 0 Å². The number of nitrogens with one attached hydrogen (secondary N) is 1. The third kappa shape index (κ3) is 1.74. The van der Waals surface area contributed by atoms with E-state index in [0.29, 0.717) is 17.7 Å². The summed E-state index contributed by atoms with van der Waals surface area (Å²) in [6.45, 7) is 1.69. The summed E-state index contributed by atoms with van der Waals surface area (Å²) < 4.78 is 12.8. The number of rotatable bonds is 2. The number of halogens is 2. The normalized spacial score (nSPS) is 9.58. The molecule has 2 nitrogen and oxygen atoms in total. The average Bonchev–Trinajstić information content (AvgIpc) is 2.01. The Morgan fingerprint density at radius 3 is 2.83 bits per heavy atom. The van der Waals surface area contributed by atoms with E-state index < -0.39 is 5.82 Å². The van der Waals surface area contributed by atoms with Gasteiger partial charge in [0.1, 0.15) is 5.82 Å². The number of amides is 1. The molecule has 0 fully saturated rings. The first-order valence-electron chi connectivity index (χ1n) is 3.31. The van der Waals surface area contributed by atoms with Gasteiger partial charge in [0, 0.05) is 5.69 Å². The molecule has 1 rings (SSSR count). The van der Waals surface area contributed by atoms with Crippen LogP contribution in [0.5, 0.6) is 0 Å². The SMILES string of the molecule is Cc1cc(F)c(Cl)cc1NC=O. The lowest BCUT2D eigenvalue weighted by atomic mass is 10.2. The molecule has 1 amide bonds. The third-order valence-corrected chi connectivity index (χ3v) is 1.77. The molecule has 0 aliphatic rings. The van der Waals surface area contributed by atoms with Gasteiger partial charge in [-0.3, -0.25) is 4.79 Å². The Hall–Kier alpha value is -1.09. The molecule has 0 aliphatic carbocycles. The van der Waals surface area contributed by atoms with Gasteiger partial charge in [0.05, 0.1) is 5.02 Å². The number of hydrogen-bond acceptors (Lipinski definition) is 1. The fourth-order valence-electron chi connectivity index (χ4n) is 0.865. The smallest absolute Gasteiger partial charge is 0.211 e. The molecule has 1 N–H and O–H groups in total. The number of anilines is 1. The van der Waals surface area contributed by atoms with Crippen LogP contribution >= 0.6 is 11.6 Å².